The van der Waals surface area contributed by atoms with Crippen molar-refractivity contribution in [2.45, 2.75) is 19.8 Å². The molecule has 7 heteroatoms. The number of piperidine rings is 1. The number of amides is 1. The minimum atomic E-state index is -0.586. The van der Waals surface area contributed by atoms with E-state index >= 15 is 0 Å². The number of hydrogen-bond acceptors (Lipinski definition) is 6. The smallest absolute Gasteiger partial charge is 0.331 e. The summed E-state index contributed by atoms with van der Waals surface area (Å²) < 4.78 is 15.5. The third-order valence-corrected chi connectivity index (χ3v) is 4.24. The third kappa shape index (κ3) is 6.33. The number of rotatable bonds is 7. The topological polar surface area (TPSA) is 88.9 Å². The van der Waals surface area contributed by atoms with Crippen LogP contribution in [0.1, 0.15) is 25.3 Å². The largest absolute Gasteiger partial charge is 0.493 e. The van der Waals surface area contributed by atoms with Crippen LogP contribution in [0.25, 0.3) is 6.08 Å². The molecule has 1 amide bonds. The van der Waals surface area contributed by atoms with E-state index in [1.54, 1.807) is 29.2 Å². The molecule has 27 heavy (non-hydrogen) atoms. The number of hydrogen-bond donors (Lipinski definition) is 0. The number of carbonyl (C=O) groups is 2. The Morgan fingerprint density at radius 1 is 1.37 bits per heavy atom. The van der Waals surface area contributed by atoms with Crippen molar-refractivity contribution in [1.29, 1.82) is 5.26 Å². The van der Waals surface area contributed by atoms with E-state index in [1.807, 2.05) is 6.07 Å². The third-order valence-electron chi connectivity index (χ3n) is 4.24. The maximum absolute atomic E-state index is 12.1. The molecule has 0 bridgehead atoms. The standard InChI is InChI=1S/C20H24N2O5/c1-15-4-3-10-22(13-15)19(23)14-27-20(24)8-6-16-5-7-17(26-11-9-21)18(12-16)25-2/h5-8,12,15H,3-4,10-11,13-14H2,1-2H3/b8-6+/t15-/m0/s1. The van der Waals surface area contributed by atoms with Crippen LogP contribution < -0.4 is 9.47 Å². The molecule has 0 radical (unpaired) electrons. The van der Waals surface area contributed by atoms with Gasteiger partial charge < -0.3 is 19.1 Å². The zero-order chi connectivity index (χ0) is 19.6. The first-order chi connectivity index (χ1) is 13.0. The van der Waals surface area contributed by atoms with E-state index in [4.69, 9.17) is 19.5 Å². The molecule has 7 nitrogen and oxygen atoms in total. The van der Waals surface area contributed by atoms with Gasteiger partial charge in [0.05, 0.1) is 7.11 Å². The van der Waals surface area contributed by atoms with Gasteiger partial charge in [-0.3, -0.25) is 4.79 Å². The summed E-state index contributed by atoms with van der Waals surface area (Å²) in [6.45, 7) is 3.21. The number of carbonyl (C=O) groups excluding carboxylic acids is 2. The Morgan fingerprint density at radius 2 is 2.19 bits per heavy atom. The van der Waals surface area contributed by atoms with Crippen LogP contribution in [0.5, 0.6) is 11.5 Å². The maximum atomic E-state index is 12.1. The quantitative estimate of drug-likeness (QED) is 0.539. The summed E-state index contributed by atoms with van der Waals surface area (Å²) in [7, 11) is 1.49. The number of ether oxygens (including phenoxy) is 3. The van der Waals surface area contributed by atoms with Crippen LogP contribution in [0.3, 0.4) is 0 Å². The van der Waals surface area contributed by atoms with Gasteiger partial charge in [-0.05, 0) is 42.5 Å². The fourth-order valence-electron chi connectivity index (χ4n) is 2.87. The number of nitriles is 1. The van der Waals surface area contributed by atoms with Crippen LogP contribution in [0.4, 0.5) is 0 Å². The lowest BCUT2D eigenvalue weighted by molar-refractivity contribution is -0.149. The Balaban J connectivity index is 1.86. The van der Waals surface area contributed by atoms with Crippen molar-refractivity contribution in [3.63, 3.8) is 0 Å². The van der Waals surface area contributed by atoms with Gasteiger partial charge in [0.15, 0.2) is 24.7 Å². The van der Waals surface area contributed by atoms with Crippen molar-refractivity contribution in [1.82, 2.24) is 4.90 Å². The van der Waals surface area contributed by atoms with Gasteiger partial charge in [-0.15, -0.1) is 0 Å². The highest BCUT2D eigenvalue weighted by Crippen LogP contribution is 2.28. The Bertz CT molecular complexity index is 738. The summed E-state index contributed by atoms with van der Waals surface area (Å²) in [5.41, 5.74) is 0.698. The van der Waals surface area contributed by atoms with Crippen molar-refractivity contribution in [2.75, 3.05) is 33.4 Å². The molecular formula is C20H24N2O5. The normalized spacial score (nSPS) is 16.6. The SMILES string of the molecule is COc1cc(/C=C/C(=O)OCC(=O)N2CCC[C@H](C)C2)ccc1OCC#N. The lowest BCUT2D eigenvalue weighted by Gasteiger charge is -2.30. The monoisotopic (exact) mass is 372 g/mol. The molecule has 1 aromatic rings. The second-order valence-electron chi connectivity index (χ2n) is 6.39. The zero-order valence-electron chi connectivity index (χ0n) is 15.6. The van der Waals surface area contributed by atoms with Crippen LogP contribution in [-0.2, 0) is 14.3 Å². The minimum absolute atomic E-state index is 0.0817. The lowest BCUT2D eigenvalue weighted by Crippen LogP contribution is -2.41. The van der Waals surface area contributed by atoms with Crippen molar-refractivity contribution >= 4 is 18.0 Å². The van der Waals surface area contributed by atoms with Gasteiger partial charge in [0.2, 0.25) is 0 Å². The Labute approximate surface area is 159 Å². The fraction of sp³-hybridized carbons (Fsp3) is 0.450. The molecule has 0 aromatic heterocycles. The first-order valence-corrected chi connectivity index (χ1v) is 8.84. The van der Waals surface area contributed by atoms with Gasteiger partial charge in [0, 0.05) is 19.2 Å². The van der Waals surface area contributed by atoms with Crippen molar-refractivity contribution in [3.05, 3.63) is 29.8 Å². The molecule has 0 saturated carbocycles. The second-order valence-corrected chi connectivity index (χ2v) is 6.39. The van der Waals surface area contributed by atoms with Gasteiger partial charge in [0.1, 0.15) is 6.07 Å². The summed E-state index contributed by atoms with van der Waals surface area (Å²) in [5, 5.41) is 8.57. The van der Waals surface area contributed by atoms with Crippen molar-refractivity contribution in [3.8, 4) is 17.6 Å². The highest BCUT2D eigenvalue weighted by atomic mass is 16.5. The van der Waals surface area contributed by atoms with E-state index in [-0.39, 0.29) is 19.1 Å². The molecule has 0 N–H and O–H groups in total. The van der Waals surface area contributed by atoms with Gasteiger partial charge >= 0.3 is 5.97 Å². The van der Waals surface area contributed by atoms with Crippen molar-refractivity contribution < 1.29 is 23.8 Å². The molecule has 0 aliphatic carbocycles. The minimum Gasteiger partial charge on any atom is -0.493 e. The number of esters is 1. The first-order valence-electron chi connectivity index (χ1n) is 8.84. The summed E-state index contributed by atoms with van der Waals surface area (Å²) in [4.78, 5) is 25.7. The average Bonchev–Trinajstić information content (AvgIpc) is 2.69. The summed E-state index contributed by atoms with van der Waals surface area (Å²) in [5.74, 6) is 0.629. The average molecular weight is 372 g/mol. The molecule has 0 unspecified atom stereocenters. The van der Waals surface area contributed by atoms with Crippen molar-refractivity contribution in [2.24, 2.45) is 5.92 Å². The van der Waals surface area contributed by atoms with E-state index in [1.165, 1.54) is 13.2 Å². The molecule has 1 aliphatic rings. The van der Waals surface area contributed by atoms with Crippen LogP contribution >= 0.6 is 0 Å². The Hall–Kier alpha value is -3.01. The molecule has 1 fully saturated rings. The van der Waals surface area contributed by atoms with Gasteiger partial charge in [0.25, 0.3) is 5.91 Å². The van der Waals surface area contributed by atoms with Crippen LogP contribution in [-0.4, -0.2) is 50.2 Å². The zero-order valence-corrected chi connectivity index (χ0v) is 15.6. The summed E-state index contributed by atoms with van der Waals surface area (Å²) >= 11 is 0. The van der Waals surface area contributed by atoms with E-state index in [0.717, 1.165) is 19.4 Å². The van der Waals surface area contributed by atoms with Crippen LogP contribution in [0.2, 0.25) is 0 Å². The summed E-state index contributed by atoms with van der Waals surface area (Å²) in [6.07, 6.45) is 4.93. The van der Waals surface area contributed by atoms with Crippen LogP contribution in [0.15, 0.2) is 24.3 Å². The fourth-order valence-corrected chi connectivity index (χ4v) is 2.87. The second kappa shape index (κ2) is 10.2. The van der Waals surface area contributed by atoms with Crippen LogP contribution in [0, 0.1) is 17.2 Å². The highest BCUT2D eigenvalue weighted by molar-refractivity contribution is 5.89. The van der Waals surface area contributed by atoms with Gasteiger partial charge in [-0.1, -0.05) is 13.0 Å². The predicted octanol–water partition coefficient (Wildman–Crippen LogP) is 2.41. The molecule has 1 saturated heterocycles. The molecule has 1 aliphatic heterocycles. The summed E-state index contributed by atoms with van der Waals surface area (Å²) in [6, 6.07) is 6.94. The molecule has 144 valence electrons. The predicted molar refractivity (Wildman–Crippen MR) is 99.1 cm³/mol. The number of methoxy groups -OCH3 is 1. The maximum Gasteiger partial charge on any atom is 0.331 e. The molecular weight excluding hydrogens is 348 g/mol. The number of benzene rings is 1. The van der Waals surface area contributed by atoms with E-state index < -0.39 is 5.97 Å². The first kappa shape index (κ1) is 20.3. The van der Waals surface area contributed by atoms with E-state index in [2.05, 4.69) is 6.92 Å². The highest BCUT2D eigenvalue weighted by Gasteiger charge is 2.21. The number of nitrogens with zero attached hydrogens (tertiary/aromatic N) is 2. The molecule has 1 atom stereocenters. The van der Waals surface area contributed by atoms with E-state index in [9.17, 15) is 9.59 Å². The number of likely N-dealkylation sites (tertiary alicyclic amines) is 1. The molecule has 2 rings (SSSR count). The van der Waals surface area contributed by atoms with Gasteiger partial charge in [-0.25, -0.2) is 4.79 Å². The Morgan fingerprint density at radius 3 is 2.89 bits per heavy atom. The molecule has 1 aromatic carbocycles. The Kier molecular flexibility index (Phi) is 7.68. The lowest BCUT2D eigenvalue weighted by atomic mass is 10.0. The molecule has 0 spiro atoms. The molecule has 1 heterocycles. The van der Waals surface area contributed by atoms with Gasteiger partial charge in [-0.2, -0.15) is 5.26 Å². The van der Waals surface area contributed by atoms with E-state index in [0.29, 0.717) is 29.5 Å².